The van der Waals surface area contributed by atoms with Gasteiger partial charge in [-0.05, 0) is 57.2 Å². The molecule has 2 aromatic rings. The van der Waals surface area contributed by atoms with Crippen LogP contribution >= 0.6 is 0 Å². The lowest BCUT2D eigenvalue weighted by Gasteiger charge is -2.38. The fraction of sp³-hybridized carbons (Fsp3) is 0.391. The summed E-state index contributed by atoms with van der Waals surface area (Å²) in [6.45, 7) is 7.38. The van der Waals surface area contributed by atoms with Gasteiger partial charge in [0.2, 0.25) is 5.91 Å². The highest BCUT2D eigenvalue weighted by Gasteiger charge is 2.29. The van der Waals surface area contributed by atoms with Crippen LogP contribution in [0.1, 0.15) is 31.1 Å². The number of carbonyl (C=O) groups excluding carboxylic acids is 2. The molecule has 3 atom stereocenters. The van der Waals surface area contributed by atoms with Gasteiger partial charge < -0.3 is 20.1 Å². The molecule has 0 saturated carbocycles. The summed E-state index contributed by atoms with van der Waals surface area (Å²) < 4.78 is 11.0. The molecule has 30 heavy (non-hydrogen) atoms. The molecular formula is C23H29N3O4. The van der Waals surface area contributed by atoms with Crippen molar-refractivity contribution in [3.63, 3.8) is 0 Å². The third kappa shape index (κ3) is 5.37. The maximum atomic E-state index is 12.7. The second kappa shape index (κ2) is 9.73. The number of carbonyl (C=O) groups is 2. The van der Waals surface area contributed by atoms with Crippen molar-refractivity contribution in [3.8, 4) is 5.75 Å². The summed E-state index contributed by atoms with van der Waals surface area (Å²) in [6, 6.07) is 13.8. The first-order valence-corrected chi connectivity index (χ1v) is 10.1. The molecule has 7 heteroatoms. The maximum Gasteiger partial charge on any atom is 0.255 e. The molecule has 0 aromatic heterocycles. The van der Waals surface area contributed by atoms with Crippen LogP contribution in [-0.4, -0.2) is 55.2 Å². The summed E-state index contributed by atoms with van der Waals surface area (Å²) in [6.07, 6.45) is 0.204. The Balaban J connectivity index is 1.60. The molecule has 160 valence electrons. The molecule has 1 aliphatic rings. The van der Waals surface area contributed by atoms with Crippen LogP contribution in [0, 0.1) is 0 Å². The Morgan fingerprint density at radius 2 is 1.67 bits per heavy atom. The minimum Gasteiger partial charge on any atom is -0.495 e. The maximum absolute atomic E-state index is 12.7. The van der Waals surface area contributed by atoms with E-state index in [9.17, 15) is 9.59 Å². The van der Waals surface area contributed by atoms with E-state index in [2.05, 4.69) is 15.5 Å². The zero-order valence-electron chi connectivity index (χ0n) is 17.8. The van der Waals surface area contributed by atoms with Gasteiger partial charge in [-0.1, -0.05) is 12.1 Å². The van der Waals surface area contributed by atoms with Crippen LogP contribution in [0.3, 0.4) is 0 Å². The number of hydrogen-bond donors (Lipinski definition) is 2. The van der Waals surface area contributed by atoms with E-state index in [0.717, 1.165) is 13.1 Å². The van der Waals surface area contributed by atoms with Gasteiger partial charge in [0, 0.05) is 24.3 Å². The lowest BCUT2D eigenvalue weighted by atomic mass is 10.1. The first kappa shape index (κ1) is 21.8. The third-order valence-electron chi connectivity index (χ3n) is 5.14. The quantitative estimate of drug-likeness (QED) is 0.762. The highest BCUT2D eigenvalue weighted by molar-refractivity contribution is 6.05. The number of rotatable bonds is 6. The zero-order valence-corrected chi connectivity index (χ0v) is 17.8. The van der Waals surface area contributed by atoms with E-state index in [0.29, 0.717) is 22.7 Å². The van der Waals surface area contributed by atoms with Crippen molar-refractivity contribution in [2.45, 2.75) is 39.0 Å². The Labute approximate surface area is 177 Å². The first-order valence-electron chi connectivity index (χ1n) is 10.1. The monoisotopic (exact) mass is 411 g/mol. The molecule has 2 amide bonds. The number of para-hydroxylation sites is 2. The van der Waals surface area contributed by atoms with Gasteiger partial charge in [0.15, 0.2) is 0 Å². The van der Waals surface area contributed by atoms with Crippen LogP contribution in [0.5, 0.6) is 5.75 Å². The zero-order chi connectivity index (χ0) is 21.7. The molecule has 7 nitrogen and oxygen atoms in total. The van der Waals surface area contributed by atoms with Crippen LogP contribution in [0.4, 0.5) is 11.4 Å². The van der Waals surface area contributed by atoms with Crippen molar-refractivity contribution < 1.29 is 19.1 Å². The Morgan fingerprint density at radius 1 is 1.03 bits per heavy atom. The van der Waals surface area contributed by atoms with Crippen molar-refractivity contribution >= 4 is 23.2 Å². The van der Waals surface area contributed by atoms with Crippen LogP contribution in [0.15, 0.2) is 48.5 Å². The molecule has 3 unspecified atom stereocenters. The van der Waals surface area contributed by atoms with Crippen molar-refractivity contribution in [3.05, 3.63) is 54.1 Å². The summed E-state index contributed by atoms with van der Waals surface area (Å²) in [5.41, 5.74) is 1.74. The largest absolute Gasteiger partial charge is 0.495 e. The average Bonchev–Trinajstić information content (AvgIpc) is 2.73. The first-order chi connectivity index (χ1) is 14.4. The summed E-state index contributed by atoms with van der Waals surface area (Å²) >= 11 is 0. The van der Waals surface area contributed by atoms with E-state index < -0.39 is 0 Å². The SMILES string of the molecule is COc1ccccc1NC(=O)c1ccc(NC(=O)C(C)N2CC(C)OC(C)C2)cc1. The molecule has 1 heterocycles. The van der Waals surface area contributed by atoms with Gasteiger partial charge in [0.25, 0.3) is 5.91 Å². The van der Waals surface area contributed by atoms with Crippen LogP contribution in [0.25, 0.3) is 0 Å². The number of anilines is 2. The van der Waals surface area contributed by atoms with Crippen LogP contribution in [-0.2, 0) is 9.53 Å². The predicted octanol–water partition coefficient (Wildman–Crippen LogP) is 3.38. The molecule has 2 aromatic carbocycles. The van der Waals surface area contributed by atoms with E-state index in [4.69, 9.17) is 9.47 Å². The molecule has 1 aliphatic heterocycles. The molecule has 2 N–H and O–H groups in total. The lowest BCUT2D eigenvalue weighted by molar-refractivity contribution is -0.126. The van der Waals surface area contributed by atoms with E-state index in [1.807, 2.05) is 32.9 Å². The van der Waals surface area contributed by atoms with Crippen molar-refractivity contribution in [1.29, 1.82) is 0 Å². The number of nitrogens with one attached hydrogen (secondary N) is 2. The Kier molecular flexibility index (Phi) is 7.07. The highest BCUT2D eigenvalue weighted by Crippen LogP contribution is 2.24. The van der Waals surface area contributed by atoms with E-state index in [1.54, 1.807) is 43.5 Å². The smallest absolute Gasteiger partial charge is 0.255 e. The molecule has 0 spiro atoms. The Morgan fingerprint density at radius 3 is 2.30 bits per heavy atom. The van der Waals surface area contributed by atoms with Gasteiger partial charge in [-0.2, -0.15) is 0 Å². The van der Waals surface area contributed by atoms with Gasteiger partial charge in [0.1, 0.15) is 5.75 Å². The van der Waals surface area contributed by atoms with Crippen LogP contribution in [0.2, 0.25) is 0 Å². The fourth-order valence-electron chi connectivity index (χ4n) is 3.59. The van der Waals surface area contributed by atoms with Gasteiger partial charge in [-0.25, -0.2) is 0 Å². The molecule has 0 radical (unpaired) electrons. The number of benzene rings is 2. The van der Waals surface area contributed by atoms with E-state index >= 15 is 0 Å². The molecule has 3 rings (SSSR count). The predicted molar refractivity (Wildman–Crippen MR) is 117 cm³/mol. The van der Waals surface area contributed by atoms with Crippen molar-refractivity contribution in [1.82, 2.24) is 4.90 Å². The molecule has 1 fully saturated rings. The number of morpholine rings is 1. The summed E-state index contributed by atoms with van der Waals surface area (Å²) in [5.74, 6) is 0.264. The topological polar surface area (TPSA) is 79.9 Å². The highest BCUT2D eigenvalue weighted by atomic mass is 16.5. The fourth-order valence-corrected chi connectivity index (χ4v) is 3.59. The number of ether oxygens (including phenoxy) is 2. The van der Waals surface area contributed by atoms with Crippen molar-refractivity contribution in [2.75, 3.05) is 30.8 Å². The molecule has 1 saturated heterocycles. The van der Waals surface area contributed by atoms with Crippen molar-refractivity contribution in [2.24, 2.45) is 0 Å². The van der Waals surface area contributed by atoms with E-state index in [-0.39, 0.29) is 30.1 Å². The normalized spacial score (nSPS) is 20.3. The summed E-state index contributed by atoms with van der Waals surface area (Å²) in [4.78, 5) is 27.3. The van der Waals surface area contributed by atoms with E-state index in [1.165, 1.54) is 0 Å². The number of amides is 2. The average molecular weight is 412 g/mol. The molecular weight excluding hydrogens is 382 g/mol. The number of nitrogens with zero attached hydrogens (tertiary/aromatic N) is 1. The van der Waals surface area contributed by atoms with Crippen LogP contribution < -0.4 is 15.4 Å². The second-order valence-corrected chi connectivity index (χ2v) is 7.61. The second-order valence-electron chi connectivity index (χ2n) is 7.61. The standard InChI is InChI=1S/C23H29N3O4/c1-15-13-26(14-16(2)30-15)17(3)22(27)24-19-11-9-18(10-12-19)23(28)25-20-7-5-6-8-21(20)29-4/h5-12,15-17H,13-14H2,1-4H3,(H,24,27)(H,25,28). The van der Waals surface area contributed by atoms with Gasteiger partial charge in [0.05, 0.1) is 31.0 Å². The Hall–Kier alpha value is -2.90. The minimum absolute atomic E-state index is 0.0810. The molecule has 0 aliphatic carbocycles. The summed E-state index contributed by atoms with van der Waals surface area (Å²) in [7, 11) is 1.56. The Bertz CT molecular complexity index is 874. The summed E-state index contributed by atoms with van der Waals surface area (Å²) in [5, 5.41) is 5.77. The molecule has 0 bridgehead atoms. The number of hydrogen-bond acceptors (Lipinski definition) is 5. The van der Waals surface area contributed by atoms with Gasteiger partial charge in [-0.3, -0.25) is 14.5 Å². The number of methoxy groups -OCH3 is 1. The van der Waals surface area contributed by atoms with Gasteiger partial charge in [-0.15, -0.1) is 0 Å². The van der Waals surface area contributed by atoms with Gasteiger partial charge >= 0.3 is 0 Å². The lowest BCUT2D eigenvalue weighted by Crippen LogP contribution is -2.52. The minimum atomic E-state index is -0.271. The third-order valence-corrected chi connectivity index (χ3v) is 5.14.